The number of nitrogens with one attached hydrogen (secondary N) is 2. The molecule has 2 N–H and O–H groups in total. The fraction of sp³-hybridized carbons (Fsp3) is 0.389. The number of carbonyl (C=O) groups excluding carboxylic acids is 3. The molecule has 1 aromatic heterocycles. The summed E-state index contributed by atoms with van der Waals surface area (Å²) >= 11 is 0. The molecule has 0 bridgehead atoms. The molecule has 0 radical (unpaired) electrons. The number of rotatable bonds is 7. The van der Waals surface area contributed by atoms with Gasteiger partial charge in [-0.05, 0) is 19.4 Å². The van der Waals surface area contributed by atoms with Gasteiger partial charge in [0.05, 0.1) is 5.39 Å². The molecule has 1 heterocycles. The van der Waals surface area contributed by atoms with Crippen LogP contribution in [0.4, 0.5) is 4.79 Å². The van der Waals surface area contributed by atoms with Crippen LogP contribution < -0.4 is 16.2 Å². The van der Waals surface area contributed by atoms with E-state index in [9.17, 15) is 19.2 Å². The molecule has 0 unspecified atom stereocenters. The highest BCUT2D eigenvalue weighted by atomic mass is 16.5. The van der Waals surface area contributed by atoms with Crippen molar-refractivity contribution in [3.8, 4) is 0 Å². The number of aryl methyl sites for hydroxylation is 1. The number of aromatic nitrogens is 2. The second-order valence-corrected chi connectivity index (χ2v) is 5.76. The molecule has 0 spiro atoms. The Labute approximate surface area is 155 Å². The molecule has 27 heavy (non-hydrogen) atoms. The van der Waals surface area contributed by atoms with Gasteiger partial charge < -0.3 is 10.1 Å². The van der Waals surface area contributed by atoms with Crippen molar-refractivity contribution in [2.75, 3.05) is 13.2 Å². The number of esters is 1. The summed E-state index contributed by atoms with van der Waals surface area (Å²) in [6.45, 7) is 3.77. The van der Waals surface area contributed by atoms with E-state index in [-0.39, 0.29) is 11.3 Å². The Morgan fingerprint density at radius 2 is 1.85 bits per heavy atom. The Morgan fingerprint density at radius 1 is 1.15 bits per heavy atom. The van der Waals surface area contributed by atoms with Crippen molar-refractivity contribution in [3.05, 3.63) is 40.3 Å². The van der Waals surface area contributed by atoms with Crippen LogP contribution in [0.3, 0.4) is 0 Å². The van der Waals surface area contributed by atoms with Gasteiger partial charge >= 0.3 is 12.0 Å². The first-order chi connectivity index (χ1) is 13.0. The van der Waals surface area contributed by atoms with Gasteiger partial charge in [-0.15, -0.1) is 0 Å². The molecular formula is C18H22N4O5. The van der Waals surface area contributed by atoms with Crippen LogP contribution in [0.5, 0.6) is 0 Å². The second-order valence-electron chi connectivity index (χ2n) is 5.76. The van der Waals surface area contributed by atoms with Gasteiger partial charge in [-0.3, -0.25) is 14.9 Å². The minimum absolute atomic E-state index is 0.0490. The number of amides is 3. The predicted octanol–water partition coefficient (Wildman–Crippen LogP) is 1.20. The van der Waals surface area contributed by atoms with Crippen LogP contribution >= 0.6 is 0 Å². The van der Waals surface area contributed by atoms with E-state index in [1.807, 2.05) is 12.2 Å². The number of unbranched alkanes of at least 4 members (excludes halogenated alkanes) is 1. The fourth-order valence-corrected chi connectivity index (χ4v) is 2.41. The van der Waals surface area contributed by atoms with E-state index >= 15 is 0 Å². The van der Waals surface area contributed by atoms with E-state index < -0.39 is 24.5 Å². The molecular weight excluding hydrogens is 352 g/mol. The van der Waals surface area contributed by atoms with Crippen LogP contribution in [0.25, 0.3) is 10.8 Å². The van der Waals surface area contributed by atoms with E-state index in [4.69, 9.17) is 4.74 Å². The minimum Gasteiger partial charge on any atom is -0.451 e. The van der Waals surface area contributed by atoms with Gasteiger partial charge in [0, 0.05) is 18.5 Å². The fourth-order valence-electron chi connectivity index (χ4n) is 2.41. The van der Waals surface area contributed by atoms with E-state index in [0.29, 0.717) is 23.9 Å². The first-order valence-corrected chi connectivity index (χ1v) is 8.72. The van der Waals surface area contributed by atoms with Crippen molar-refractivity contribution in [2.24, 2.45) is 0 Å². The molecule has 2 rings (SSSR count). The van der Waals surface area contributed by atoms with Crippen molar-refractivity contribution in [3.63, 3.8) is 0 Å². The Morgan fingerprint density at radius 3 is 2.52 bits per heavy atom. The maximum atomic E-state index is 12.5. The van der Waals surface area contributed by atoms with Crippen molar-refractivity contribution >= 4 is 28.7 Å². The third kappa shape index (κ3) is 5.13. The zero-order valence-corrected chi connectivity index (χ0v) is 15.3. The lowest BCUT2D eigenvalue weighted by Crippen LogP contribution is -2.41. The van der Waals surface area contributed by atoms with Crippen LogP contribution in [-0.4, -0.2) is 40.8 Å². The van der Waals surface area contributed by atoms with Gasteiger partial charge in [-0.2, -0.15) is 5.10 Å². The summed E-state index contributed by atoms with van der Waals surface area (Å²) < 4.78 is 6.20. The third-order valence-electron chi connectivity index (χ3n) is 3.71. The monoisotopic (exact) mass is 374 g/mol. The van der Waals surface area contributed by atoms with E-state index in [1.165, 1.54) is 4.68 Å². The normalized spacial score (nSPS) is 10.4. The van der Waals surface area contributed by atoms with E-state index in [1.54, 1.807) is 31.2 Å². The molecule has 0 atom stereocenters. The largest absolute Gasteiger partial charge is 0.451 e. The first-order valence-electron chi connectivity index (χ1n) is 8.72. The van der Waals surface area contributed by atoms with Crippen LogP contribution in [0.2, 0.25) is 0 Å². The number of carbonyl (C=O) groups is 3. The number of ether oxygens (including phenoxy) is 1. The summed E-state index contributed by atoms with van der Waals surface area (Å²) in [7, 11) is 0. The van der Waals surface area contributed by atoms with Gasteiger partial charge in [0.1, 0.15) is 0 Å². The van der Waals surface area contributed by atoms with Crippen molar-refractivity contribution in [1.29, 1.82) is 0 Å². The summed E-state index contributed by atoms with van der Waals surface area (Å²) in [4.78, 5) is 47.9. The predicted molar refractivity (Wildman–Crippen MR) is 98.4 cm³/mol. The summed E-state index contributed by atoms with van der Waals surface area (Å²) in [5.74, 6) is -1.61. The number of hydrogen-bond acceptors (Lipinski definition) is 6. The Kier molecular flexibility index (Phi) is 7.04. The van der Waals surface area contributed by atoms with Crippen molar-refractivity contribution in [2.45, 2.75) is 33.2 Å². The summed E-state index contributed by atoms with van der Waals surface area (Å²) in [5, 5.41) is 9.25. The third-order valence-corrected chi connectivity index (χ3v) is 3.71. The topological polar surface area (TPSA) is 119 Å². The number of nitrogens with zero attached hydrogens (tertiary/aromatic N) is 2. The average molecular weight is 374 g/mol. The summed E-state index contributed by atoms with van der Waals surface area (Å²) in [6, 6.07) is 5.91. The molecule has 144 valence electrons. The highest BCUT2D eigenvalue weighted by Crippen LogP contribution is 2.14. The zero-order valence-electron chi connectivity index (χ0n) is 15.3. The molecule has 1 aromatic carbocycles. The number of fused-ring (bicyclic) bond motifs is 1. The standard InChI is InChI=1S/C18H22N4O5/c1-3-5-10-22-16(24)13-9-7-6-8-12(13)15(21-22)17(25)27-11-14(23)20-18(26)19-4-2/h6-9H,3-5,10-11H2,1-2H3,(H2,19,20,23,26). The maximum absolute atomic E-state index is 12.5. The molecule has 0 fully saturated rings. The average Bonchev–Trinajstić information content (AvgIpc) is 2.66. The lowest BCUT2D eigenvalue weighted by Gasteiger charge is -2.10. The molecule has 0 aliphatic rings. The van der Waals surface area contributed by atoms with E-state index in [2.05, 4.69) is 10.4 Å². The molecule has 0 aliphatic carbocycles. The van der Waals surface area contributed by atoms with Gasteiger partial charge in [0.15, 0.2) is 12.3 Å². The number of hydrogen-bond donors (Lipinski definition) is 2. The SMILES string of the molecule is CCCCn1nc(C(=O)OCC(=O)NC(=O)NCC)c2ccccc2c1=O. The molecule has 0 saturated heterocycles. The lowest BCUT2D eigenvalue weighted by atomic mass is 10.1. The van der Waals surface area contributed by atoms with E-state index in [0.717, 1.165) is 12.8 Å². The van der Waals surface area contributed by atoms with Gasteiger partial charge in [-0.1, -0.05) is 31.5 Å². The number of urea groups is 1. The molecule has 0 aliphatic heterocycles. The van der Waals surface area contributed by atoms with Crippen LogP contribution in [0, 0.1) is 0 Å². The molecule has 3 amide bonds. The van der Waals surface area contributed by atoms with Crippen LogP contribution in [0.15, 0.2) is 29.1 Å². The molecule has 0 saturated carbocycles. The van der Waals surface area contributed by atoms with Crippen molar-refractivity contribution in [1.82, 2.24) is 20.4 Å². The molecule has 2 aromatic rings. The lowest BCUT2D eigenvalue weighted by molar-refractivity contribution is -0.123. The van der Waals surface area contributed by atoms with Gasteiger partial charge in [-0.25, -0.2) is 14.3 Å². The Hall–Kier alpha value is -3.23. The smallest absolute Gasteiger partial charge is 0.359 e. The minimum atomic E-state index is -0.845. The number of benzene rings is 1. The molecule has 9 nitrogen and oxygen atoms in total. The zero-order chi connectivity index (χ0) is 19.8. The number of imide groups is 1. The second kappa shape index (κ2) is 9.46. The summed E-state index contributed by atoms with van der Waals surface area (Å²) in [6.07, 6.45) is 1.59. The van der Waals surface area contributed by atoms with Crippen LogP contribution in [-0.2, 0) is 16.1 Å². The first kappa shape index (κ1) is 20.1. The van der Waals surface area contributed by atoms with Crippen LogP contribution in [0.1, 0.15) is 37.2 Å². The highest BCUT2D eigenvalue weighted by Gasteiger charge is 2.19. The quantitative estimate of drug-likeness (QED) is 0.703. The highest BCUT2D eigenvalue weighted by molar-refractivity contribution is 6.03. The van der Waals surface area contributed by atoms with Gasteiger partial charge in [0.2, 0.25) is 0 Å². The van der Waals surface area contributed by atoms with Gasteiger partial charge in [0.25, 0.3) is 11.5 Å². The summed E-state index contributed by atoms with van der Waals surface area (Å²) in [5.41, 5.74) is -0.336. The molecule has 9 heteroatoms. The van der Waals surface area contributed by atoms with Crippen molar-refractivity contribution < 1.29 is 19.1 Å². The Balaban J connectivity index is 2.22. The Bertz CT molecular complexity index is 906. The maximum Gasteiger partial charge on any atom is 0.359 e.